The van der Waals surface area contributed by atoms with Crippen LogP contribution in [-0.4, -0.2) is 50.0 Å². The zero-order chi connectivity index (χ0) is 22.6. The molecule has 0 spiro atoms. The number of nitrogens with zero attached hydrogens (tertiary/aromatic N) is 2. The molecule has 32 heavy (non-hydrogen) atoms. The van der Waals surface area contributed by atoms with Crippen molar-refractivity contribution in [1.82, 2.24) is 10.2 Å². The normalized spacial score (nSPS) is 23.3. The number of hydrogen-bond acceptors (Lipinski definition) is 3. The van der Waals surface area contributed by atoms with E-state index in [0.717, 1.165) is 37.5 Å². The van der Waals surface area contributed by atoms with E-state index in [2.05, 4.69) is 32.1 Å². The van der Waals surface area contributed by atoms with E-state index >= 15 is 0 Å². The molecular formula is C24H28F3N3O2. The summed E-state index contributed by atoms with van der Waals surface area (Å²) < 4.78 is 48.3. The maximum Gasteiger partial charge on any atom is 0.573 e. The Morgan fingerprint density at radius 3 is 2.62 bits per heavy atom. The van der Waals surface area contributed by atoms with Crippen molar-refractivity contribution in [2.45, 2.75) is 37.8 Å². The Bertz CT molecular complexity index is 920. The molecule has 2 fully saturated rings. The molecule has 5 nitrogen and oxygen atoms in total. The number of alkyl halides is 3. The molecule has 3 unspecified atom stereocenters. The Kier molecular flexibility index (Phi) is 6.89. The molecule has 2 aliphatic rings. The lowest BCUT2D eigenvalue weighted by Gasteiger charge is -2.22. The largest absolute Gasteiger partial charge is 0.573 e. The third kappa shape index (κ3) is 5.94. The molecule has 0 radical (unpaired) electrons. The Balaban J connectivity index is 1.26. The lowest BCUT2D eigenvalue weighted by atomic mass is 10.1. The first kappa shape index (κ1) is 22.5. The van der Waals surface area contributed by atoms with Crippen LogP contribution >= 0.6 is 0 Å². The minimum absolute atomic E-state index is 0.0297. The topological polar surface area (TPSA) is 46.1 Å². The van der Waals surface area contributed by atoms with Gasteiger partial charge >= 0.3 is 6.36 Å². The molecule has 2 aromatic rings. The van der Waals surface area contributed by atoms with E-state index < -0.39 is 6.36 Å². The molecule has 172 valence electrons. The first-order chi connectivity index (χ1) is 15.4. The fourth-order valence-corrected chi connectivity index (χ4v) is 4.24. The Labute approximate surface area is 186 Å². The molecule has 4 rings (SSSR count). The average molecular weight is 448 g/mol. The Hall–Kier alpha value is -2.74. The lowest BCUT2D eigenvalue weighted by Crippen LogP contribution is -2.41. The van der Waals surface area contributed by atoms with Gasteiger partial charge in [-0.15, -0.1) is 13.2 Å². The van der Waals surface area contributed by atoms with Gasteiger partial charge in [0.05, 0.1) is 13.2 Å². The molecule has 1 aliphatic carbocycles. The van der Waals surface area contributed by atoms with E-state index in [4.69, 9.17) is 4.74 Å². The van der Waals surface area contributed by atoms with Crippen molar-refractivity contribution in [3.63, 3.8) is 0 Å². The smallest absolute Gasteiger partial charge is 0.405 e. The maximum atomic E-state index is 12.7. The van der Waals surface area contributed by atoms with Crippen molar-refractivity contribution in [2.75, 3.05) is 26.7 Å². The van der Waals surface area contributed by atoms with Gasteiger partial charge in [-0.2, -0.15) is 0 Å². The van der Waals surface area contributed by atoms with Crippen molar-refractivity contribution < 1.29 is 22.6 Å². The summed E-state index contributed by atoms with van der Waals surface area (Å²) in [5.74, 6) is 1.06. The van der Waals surface area contributed by atoms with Crippen molar-refractivity contribution in [3.8, 4) is 5.75 Å². The summed E-state index contributed by atoms with van der Waals surface area (Å²) in [6, 6.07) is 16.5. The molecular weight excluding hydrogens is 419 g/mol. The summed E-state index contributed by atoms with van der Waals surface area (Å²) in [4.78, 5) is 6.60. The number of halogens is 3. The van der Waals surface area contributed by atoms with Crippen molar-refractivity contribution in [2.24, 2.45) is 10.9 Å². The number of likely N-dealkylation sites (tertiary alicyclic amines) is 1. The fraction of sp³-hybridized carbons (Fsp3) is 0.458. The van der Waals surface area contributed by atoms with Crippen LogP contribution in [0.2, 0.25) is 0 Å². The third-order valence-electron chi connectivity index (χ3n) is 5.91. The van der Waals surface area contributed by atoms with Crippen LogP contribution in [0.25, 0.3) is 0 Å². The number of rotatable bonds is 7. The molecule has 0 amide bonds. The molecule has 1 aliphatic heterocycles. The second-order valence-electron chi connectivity index (χ2n) is 8.33. The van der Waals surface area contributed by atoms with E-state index in [9.17, 15) is 13.2 Å². The van der Waals surface area contributed by atoms with Crippen molar-refractivity contribution in [3.05, 3.63) is 65.7 Å². The van der Waals surface area contributed by atoms with Crippen LogP contribution in [0.4, 0.5) is 13.2 Å². The van der Waals surface area contributed by atoms with Gasteiger partial charge in [-0.05, 0) is 30.0 Å². The van der Waals surface area contributed by atoms with Crippen LogP contribution in [0, 0.1) is 5.92 Å². The van der Waals surface area contributed by atoms with Crippen LogP contribution in [0.1, 0.15) is 29.9 Å². The minimum atomic E-state index is -4.70. The molecule has 3 atom stereocenters. The summed E-state index contributed by atoms with van der Waals surface area (Å²) >= 11 is 0. The number of guanidine groups is 1. The molecule has 2 aromatic carbocycles. The quantitative estimate of drug-likeness (QED) is 0.500. The van der Waals surface area contributed by atoms with Gasteiger partial charge < -0.3 is 19.7 Å². The van der Waals surface area contributed by atoms with Crippen LogP contribution in [-0.2, 0) is 11.3 Å². The second kappa shape index (κ2) is 9.81. The van der Waals surface area contributed by atoms with Gasteiger partial charge in [-0.1, -0.05) is 48.5 Å². The predicted molar refractivity (Wildman–Crippen MR) is 117 cm³/mol. The number of hydrogen-bond donors (Lipinski definition) is 1. The molecule has 1 heterocycles. The zero-order valence-electron chi connectivity index (χ0n) is 18.0. The monoisotopic (exact) mass is 447 g/mol. The van der Waals surface area contributed by atoms with E-state index in [1.165, 1.54) is 6.07 Å². The maximum absolute atomic E-state index is 12.7. The van der Waals surface area contributed by atoms with Crippen LogP contribution in [0.15, 0.2) is 59.6 Å². The second-order valence-corrected chi connectivity index (χ2v) is 8.33. The van der Waals surface area contributed by atoms with Crippen molar-refractivity contribution >= 4 is 5.96 Å². The molecule has 1 N–H and O–H groups in total. The highest BCUT2D eigenvalue weighted by Crippen LogP contribution is 2.45. The summed E-state index contributed by atoms with van der Waals surface area (Å²) in [5.41, 5.74) is 1.74. The zero-order valence-corrected chi connectivity index (χ0v) is 18.0. The van der Waals surface area contributed by atoms with E-state index in [-0.39, 0.29) is 17.7 Å². The highest BCUT2D eigenvalue weighted by atomic mass is 19.4. The fourth-order valence-electron chi connectivity index (χ4n) is 4.24. The molecule has 8 heteroatoms. The Morgan fingerprint density at radius 1 is 1.12 bits per heavy atom. The lowest BCUT2D eigenvalue weighted by molar-refractivity contribution is -0.274. The summed E-state index contributed by atoms with van der Waals surface area (Å²) in [6.07, 6.45) is -2.93. The van der Waals surface area contributed by atoms with Gasteiger partial charge in [-0.3, -0.25) is 4.99 Å². The Morgan fingerprint density at radius 2 is 1.88 bits per heavy atom. The molecule has 1 saturated heterocycles. The van der Waals surface area contributed by atoms with E-state index in [1.807, 2.05) is 18.2 Å². The summed E-state index contributed by atoms with van der Waals surface area (Å²) in [5, 5.41) is 3.42. The number of para-hydroxylation sites is 1. The predicted octanol–water partition coefficient (Wildman–Crippen LogP) is 4.56. The summed E-state index contributed by atoms with van der Waals surface area (Å²) in [7, 11) is 1.74. The first-order valence-corrected chi connectivity index (χ1v) is 10.9. The van der Waals surface area contributed by atoms with Crippen LogP contribution in [0.5, 0.6) is 5.75 Å². The number of aliphatic imine (C=N–C) groups is 1. The third-order valence-corrected chi connectivity index (χ3v) is 5.91. The minimum Gasteiger partial charge on any atom is -0.405 e. The molecule has 0 aromatic heterocycles. The standard InChI is InChI=1S/C24H28F3N3O2/c1-28-23(30-12-11-18(14-30)16-31-15-17-7-3-2-4-8-17)29-21-13-20(21)19-9-5-6-10-22(19)32-24(25,26)27/h2-10,18,20-21H,11-16H2,1H3,(H,28,29). The van der Waals surface area contributed by atoms with E-state index in [0.29, 0.717) is 24.7 Å². The highest BCUT2D eigenvalue weighted by Gasteiger charge is 2.43. The van der Waals surface area contributed by atoms with Gasteiger partial charge in [0.15, 0.2) is 5.96 Å². The first-order valence-electron chi connectivity index (χ1n) is 10.9. The van der Waals surface area contributed by atoms with E-state index in [1.54, 1.807) is 25.2 Å². The van der Waals surface area contributed by atoms with Gasteiger partial charge in [0, 0.05) is 38.0 Å². The number of ether oxygens (including phenoxy) is 2. The van der Waals surface area contributed by atoms with Gasteiger partial charge in [0.2, 0.25) is 0 Å². The number of benzene rings is 2. The number of nitrogens with one attached hydrogen (secondary N) is 1. The molecule has 1 saturated carbocycles. The average Bonchev–Trinajstić information content (AvgIpc) is 3.38. The van der Waals surface area contributed by atoms with Crippen LogP contribution < -0.4 is 10.1 Å². The van der Waals surface area contributed by atoms with Gasteiger partial charge in [0.25, 0.3) is 0 Å². The van der Waals surface area contributed by atoms with Crippen molar-refractivity contribution in [1.29, 1.82) is 0 Å². The highest BCUT2D eigenvalue weighted by molar-refractivity contribution is 5.81. The van der Waals surface area contributed by atoms with Gasteiger partial charge in [0.1, 0.15) is 5.75 Å². The summed E-state index contributed by atoms with van der Waals surface area (Å²) in [6.45, 7) is 3.02. The van der Waals surface area contributed by atoms with Crippen LogP contribution in [0.3, 0.4) is 0 Å². The SMILES string of the molecule is CN=C(NC1CC1c1ccccc1OC(F)(F)F)N1CCC(COCc2ccccc2)C1. The molecule has 0 bridgehead atoms. The van der Waals surface area contributed by atoms with Gasteiger partial charge in [-0.25, -0.2) is 0 Å².